The number of hydrogen-bond acceptors (Lipinski definition) is 6. The summed E-state index contributed by atoms with van der Waals surface area (Å²) in [4.78, 5) is 8.07. The molecule has 0 unspecified atom stereocenters. The Balaban J connectivity index is 2.02. The van der Waals surface area contributed by atoms with Crippen molar-refractivity contribution in [3.05, 3.63) is 6.07 Å². The fourth-order valence-corrected chi connectivity index (χ4v) is 2.02. The van der Waals surface area contributed by atoms with Crippen molar-refractivity contribution in [1.29, 1.82) is 0 Å². The van der Waals surface area contributed by atoms with Gasteiger partial charge >= 0.3 is 0 Å². The molecule has 17 heavy (non-hydrogen) atoms. The van der Waals surface area contributed by atoms with Crippen LogP contribution in [0.5, 0.6) is 0 Å². The number of anilines is 3. The fraction of sp³-hybridized carbons (Fsp3) is 0.636. The van der Waals surface area contributed by atoms with Crippen LogP contribution in [-0.4, -0.2) is 16.5 Å². The van der Waals surface area contributed by atoms with Crippen LogP contribution in [0.4, 0.5) is 17.6 Å². The van der Waals surface area contributed by atoms with Crippen LogP contribution < -0.4 is 22.3 Å². The number of rotatable bonds is 5. The zero-order valence-electron chi connectivity index (χ0n) is 10.3. The van der Waals surface area contributed by atoms with Gasteiger partial charge in [-0.15, -0.1) is 0 Å². The van der Waals surface area contributed by atoms with Gasteiger partial charge in [0.25, 0.3) is 0 Å². The van der Waals surface area contributed by atoms with Crippen LogP contribution in [0.25, 0.3) is 0 Å². The van der Waals surface area contributed by atoms with Crippen molar-refractivity contribution in [3.63, 3.8) is 0 Å². The van der Waals surface area contributed by atoms with Gasteiger partial charge < -0.3 is 16.5 Å². The summed E-state index contributed by atoms with van der Waals surface area (Å²) in [7, 11) is 0. The number of nitrogens with two attached hydrogens (primary N) is 2. The molecular weight excluding hydrogens is 216 g/mol. The predicted octanol–water partition coefficient (Wildman–Crippen LogP) is 1.19. The van der Waals surface area contributed by atoms with Crippen molar-refractivity contribution < 1.29 is 0 Å². The van der Waals surface area contributed by atoms with Gasteiger partial charge in [-0.2, -0.15) is 9.97 Å². The van der Waals surface area contributed by atoms with Gasteiger partial charge in [0, 0.05) is 12.6 Å². The van der Waals surface area contributed by atoms with Crippen molar-refractivity contribution in [1.82, 2.24) is 9.97 Å². The van der Waals surface area contributed by atoms with Gasteiger partial charge in [0.2, 0.25) is 5.95 Å². The molecule has 0 aromatic carbocycles. The molecule has 0 bridgehead atoms. The Hall–Kier alpha value is -1.56. The molecule has 1 fully saturated rings. The second-order valence-corrected chi connectivity index (χ2v) is 5.01. The van der Waals surface area contributed by atoms with E-state index < -0.39 is 0 Å². The highest BCUT2D eigenvalue weighted by molar-refractivity contribution is 5.50. The Morgan fingerprint density at radius 1 is 1.35 bits per heavy atom. The van der Waals surface area contributed by atoms with Crippen molar-refractivity contribution in [2.75, 3.05) is 23.0 Å². The minimum atomic E-state index is 0.220. The van der Waals surface area contributed by atoms with Crippen LogP contribution in [0.1, 0.15) is 26.7 Å². The molecule has 0 atom stereocenters. The van der Waals surface area contributed by atoms with Gasteiger partial charge in [-0.25, -0.2) is 5.84 Å². The van der Waals surface area contributed by atoms with Crippen molar-refractivity contribution >= 4 is 17.6 Å². The van der Waals surface area contributed by atoms with E-state index in [1.807, 2.05) is 0 Å². The third-order valence-electron chi connectivity index (χ3n) is 3.63. The maximum Gasteiger partial charge on any atom is 0.223 e. The first-order valence-corrected chi connectivity index (χ1v) is 5.91. The van der Waals surface area contributed by atoms with E-state index in [0.29, 0.717) is 17.2 Å². The Kier molecular flexibility index (Phi) is 3.06. The van der Waals surface area contributed by atoms with E-state index in [1.165, 1.54) is 12.8 Å². The second-order valence-electron chi connectivity index (χ2n) is 5.01. The molecule has 0 amide bonds. The van der Waals surface area contributed by atoms with Crippen molar-refractivity contribution in [2.45, 2.75) is 26.7 Å². The summed E-state index contributed by atoms with van der Waals surface area (Å²) < 4.78 is 0. The van der Waals surface area contributed by atoms with E-state index in [-0.39, 0.29) is 5.95 Å². The number of nitrogen functional groups attached to an aromatic ring is 2. The summed E-state index contributed by atoms with van der Waals surface area (Å²) in [6.45, 7) is 5.44. The van der Waals surface area contributed by atoms with Gasteiger partial charge in [0.15, 0.2) is 0 Å². The maximum absolute atomic E-state index is 5.59. The predicted molar refractivity (Wildman–Crippen MR) is 69.2 cm³/mol. The van der Waals surface area contributed by atoms with E-state index in [1.54, 1.807) is 6.07 Å². The topological polar surface area (TPSA) is 102 Å². The number of hydrazine groups is 1. The molecule has 0 spiro atoms. The average molecular weight is 236 g/mol. The number of nitrogens with one attached hydrogen (secondary N) is 2. The Labute approximate surface area is 101 Å². The van der Waals surface area contributed by atoms with Crippen LogP contribution in [0, 0.1) is 11.3 Å². The standard InChI is InChI=1S/C11H20N6/c1-7(2)11(3-4-11)6-14-8-5-9(17-13)16-10(12)15-8/h5,7H,3-4,6,13H2,1-2H3,(H4,12,14,15,16,17). The molecule has 0 aliphatic heterocycles. The quantitative estimate of drug-likeness (QED) is 0.452. The Morgan fingerprint density at radius 3 is 2.53 bits per heavy atom. The normalized spacial score (nSPS) is 16.9. The molecule has 6 N–H and O–H groups in total. The molecule has 1 heterocycles. The molecule has 1 saturated carbocycles. The van der Waals surface area contributed by atoms with Gasteiger partial charge in [-0.3, -0.25) is 0 Å². The van der Waals surface area contributed by atoms with E-state index in [9.17, 15) is 0 Å². The molecule has 2 rings (SSSR count). The number of hydrogen-bond donors (Lipinski definition) is 4. The zero-order valence-corrected chi connectivity index (χ0v) is 10.3. The van der Waals surface area contributed by atoms with E-state index in [4.69, 9.17) is 11.6 Å². The van der Waals surface area contributed by atoms with Crippen LogP contribution in [0.15, 0.2) is 6.07 Å². The molecule has 1 aliphatic rings. The summed E-state index contributed by atoms with van der Waals surface area (Å²) >= 11 is 0. The van der Waals surface area contributed by atoms with Gasteiger partial charge in [0.05, 0.1) is 0 Å². The third kappa shape index (κ3) is 2.58. The van der Waals surface area contributed by atoms with E-state index in [2.05, 4.69) is 34.6 Å². The van der Waals surface area contributed by atoms with Gasteiger partial charge in [0.1, 0.15) is 11.6 Å². The highest BCUT2D eigenvalue weighted by Crippen LogP contribution is 2.51. The molecule has 6 nitrogen and oxygen atoms in total. The lowest BCUT2D eigenvalue weighted by Gasteiger charge is -2.20. The molecule has 1 aromatic rings. The summed E-state index contributed by atoms with van der Waals surface area (Å²) in [5.74, 6) is 7.45. The largest absolute Gasteiger partial charge is 0.369 e. The zero-order chi connectivity index (χ0) is 12.5. The van der Waals surface area contributed by atoms with Crippen LogP contribution >= 0.6 is 0 Å². The summed E-state index contributed by atoms with van der Waals surface area (Å²) in [6, 6.07) is 1.76. The molecular formula is C11H20N6. The van der Waals surface area contributed by atoms with Crippen LogP contribution in [0.2, 0.25) is 0 Å². The summed E-state index contributed by atoms with van der Waals surface area (Å²) in [5.41, 5.74) is 8.49. The SMILES string of the molecule is CC(C)C1(CNc2cc(NN)nc(N)n2)CC1. The number of nitrogens with zero attached hydrogens (tertiary/aromatic N) is 2. The first-order valence-electron chi connectivity index (χ1n) is 5.91. The number of aromatic nitrogens is 2. The molecule has 0 saturated heterocycles. The van der Waals surface area contributed by atoms with Gasteiger partial charge in [-0.05, 0) is 24.2 Å². The molecule has 1 aliphatic carbocycles. The second kappa shape index (κ2) is 4.37. The summed E-state index contributed by atoms with van der Waals surface area (Å²) in [6.07, 6.45) is 2.56. The lowest BCUT2D eigenvalue weighted by Crippen LogP contribution is -2.22. The van der Waals surface area contributed by atoms with Crippen molar-refractivity contribution in [2.24, 2.45) is 17.2 Å². The highest BCUT2D eigenvalue weighted by Gasteiger charge is 2.44. The molecule has 94 valence electrons. The smallest absolute Gasteiger partial charge is 0.223 e. The molecule has 0 radical (unpaired) electrons. The fourth-order valence-electron chi connectivity index (χ4n) is 2.02. The summed E-state index contributed by atoms with van der Waals surface area (Å²) in [5, 5.41) is 3.32. The first-order chi connectivity index (χ1) is 8.05. The average Bonchev–Trinajstić information content (AvgIpc) is 3.06. The first kappa shape index (κ1) is 11.9. The van der Waals surface area contributed by atoms with Crippen molar-refractivity contribution in [3.8, 4) is 0 Å². The maximum atomic E-state index is 5.59. The van der Waals surface area contributed by atoms with E-state index >= 15 is 0 Å². The minimum Gasteiger partial charge on any atom is -0.369 e. The highest BCUT2D eigenvalue weighted by atomic mass is 15.3. The Bertz CT molecular complexity index is 399. The Morgan fingerprint density at radius 2 is 2.00 bits per heavy atom. The third-order valence-corrected chi connectivity index (χ3v) is 3.63. The molecule has 1 aromatic heterocycles. The molecule has 6 heteroatoms. The van der Waals surface area contributed by atoms with Crippen LogP contribution in [-0.2, 0) is 0 Å². The van der Waals surface area contributed by atoms with E-state index in [0.717, 1.165) is 12.4 Å². The monoisotopic (exact) mass is 236 g/mol. The lowest BCUT2D eigenvalue weighted by molar-refractivity contribution is 0.380. The van der Waals surface area contributed by atoms with Crippen LogP contribution in [0.3, 0.4) is 0 Å². The van der Waals surface area contributed by atoms with Gasteiger partial charge in [-0.1, -0.05) is 13.8 Å². The minimum absolute atomic E-state index is 0.220. The lowest BCUT2D eigenvalue weighted by atomic mass is 9.92.